The number of hydrogen-bond acceptors (Lipinski definition) is 4. The third-order valence-electron chi connectivity index (χ3n) is 5.79. The normalized spacial score (nSPS) is 11.4. The fourth-order valence-corrected chi connectivity index (χ4v) is 4.38. The molecular weight excluding hydrogens is 380 g/mol. The summed E-state index contributed by atoms with van der Waals surface area (Å²) in [7, 11) is 0. The monoisotopic (exact) mass is 416 g/mol. The van der Waals surface area contributed by atoms with Gasteiger partial charge in [-0.1, -0.05) is 27.7 Å². The number of carbonyl (C=O) groups excluding carboxylic acids is 2. The van der Waals surface area contributed by atoms with Crippen LogP contribution in [0.3, 0.4) is 0 Å². The van der Waals surface area contributed by atoms with E-state index in [1.165, 1.54) is 0 Å². The highest BCUT2D eigenvalue weighted by Gasteiger charge is 2.31. The first-order valence-electron chi connectivity index (χ1n) is 11.0. The van der Waals surface area contributed by atoms with E-state index in [0.717, 1.165) is 46.5 Å². The lowest BCUT2D eigenvalue weighted by atomic mass is 9.85. The van der Waals surface area contributed by atoms with Crippen LogP contribution in [0.1, 0.15) is 102 Å². The zero-order valence-electron chi connectivity index (χ0n) is 19.6. The van der Waals surface area contributed by atoms with Crippen molar-refractivity contribution in [3.63, 3.8) is 0 Å². The number of aromatic nitrogens is 2. The van der Waals surface area contributed by atoms with Crippen molar-refractivity contribution in [2.24, 2.45) is 5.92 Å². The summed E-state index contributed by atoms with van der Waals surface area (Å²) >= 11 is 0. The van der Waals surface area contributed by atoms with Gasteiger partial charge in [-0.3, -0.25) is 0 Å². The molecule has 2 N–H and O–H groups in total. The van der Waals surface area contributed by atoms with Crippen molar-refractivity contribution in [1.82, 2.24) is 9.97 Å². The molecule has 2 rings (SSSR count). The van der Waals surface area contributed by atoms with Gasteiger partial charge in [-0.15, -0.1) is 0 Å². The molecule has 6 heteroatoms. The molecule has 0 saturated carbocycles. The molecule has 0 saturated heterocycles. The largest absolute Gasteiger partial charge is 0.461 e. The second-order valence-corrected chi connectivity index (χ2v) is 7.90. The number of aromatic amines is 2. The third-order valence-corrected chi connectivity index (χ3v) is 5.79. The number of nitrogens with one attached hydrogen (secondary N) is 2. The molecule has 0 bridgehead atoms. The van der Waals surface area contributed by atoms with Crippen molar-refractivity contribution < 1.29 is 19.1 Å². The molecule has 0 spiro atoms. The number of carbonyl (C=O) groups is 2. The minimum absolute atomic E-state index is 0.0213. The Balaban J connectivity index is 2.67. The van der Waals surface area contributed by atoms with Crippen molar-refractivity contribution in [2.45, 2.75) is 74.1 Å². The molecule has 0 fully saturated rings. The fourth-order valence-electron chi connectivity index (χ4n) is 4.38. The van der Waals surface area contributed by atoms with E-state index in [2.05, 4.69) is 23.8 Å². The molecule has 0 radical (unpaired) electrons. The quantitative estimate of drug-likeness (QED) is 0.549. The van der Waals surface area contributed by atoms with Crippen molar-refractivity contribution >= 4 is 11.9 Å². The van der Waals surface area contributed by atoms with Crippen LogP contribution in [0.15, 0.2) is 0 Å². The SMILES string of the molecule is CCOC(=O)c1[nH]c(C(c2[nH]c(C(=O)OCC)c(CC)c2C)C(C)C)c(C)c1CC. The third kappa shape index (κ3) is 4.32. The fraction of sp³-hybridized carbons (Fsp3) is 0.583. The highest BCUT2D eigenvalue weighted by molar-refractivity contribution is 5.91. The van der Waals surface area contributed by atoms with Gasteiger partial charge in [-0.25, -0.2) is 9.59 Å². The van der Waals surface area contributed by atoms with E-state index >= 15 is 0 Å². The van der Waals surface area contributed by atoms with E-state index in [1.807, 2.05) is 41.5 Å². The predicted octanol–water partition coefficient (Wildman–Crippen LogP) is 5.23. The van der Waals surface area contributed by atoms with Crippen LogP contribution in [-0.4, -0.2) is 35.1 Å². The minimum Gasteiger partial charge on any atom is -0.461 e. The lowest BCUT2D eigenvalue weighted by Crippen LogP contribution is -2.13. The number of esters is 2. The molecule has 0 aliphatic heterocycles. The number of ether oxygens (including phenoxy) is 2. The zero-order chi connectivity index (χ0) is 22.6. The van der Waals surface area contributed by atoms with Gasteiger partial charge in [0.1, 0.15) is 11.4 Å². The Morgan fingerprint density at radius 1 is 0.767 bits per heavy atom. The second kappa shape index (κ2) is 10.0. The Morgan fingerprint density at radius 3 is 1.40 bits per heavy atom. The van der Waals surface area contributed by atoms with Gasteiger partial charge in [0.05, 0.1) is 13.2 Å². The average molecular weight is 417 g/mol. The lowest BCUT2D eigenvalue weighted by molar-refractivity contribution is 0.0509. The van der Waals surface area contributed by atoms with Gasteiger partial charge in [0.15, 0.2) is 0 Å². The molecule has 2 heterocycles. The lowest BCUT2D eigenvalue weighted by Gasteiger charge is -2.22. The predicted molar refractivity (Wildman–Crippen MR) is 118 cm³/mol. The molecule has 166 valence electrons. The van der Waals surface area contributed by atoms with Crippen LogP contribution in [0.25, 0.3) is 0 Å². The highest BCUT2D eigenvalue weighted by Crippen LogP contribution is 2.38. The standard InChI is InChI=1S/C24H36N2O4/c1-9-16-14(7)19(25-21(16)23(27)29-11-3)18(13(5)6)20-15(8)17(10-2)22(26-20)24(28)30-12-4/h13,18,25-26H,9-12H2,1-8H3. The van der Waals surface area contributed by atoms with E-state index < -0.39 is 0 Å². The van der Waals surface area contributed by atoms with Crippen LogP contribution < -0.4 is 0 Å². The molecular formula is C24H36N2O4. The van der Waals surface area contributed by atoms with Crippen molar-refractivity contribution in [3.8, 4) is 0 Å². The molecule has 2 aromatic rings. The van der Waals surface area contributed by atoms with Gasteiger partial charge in [-0.2, -0.15) is 0 Å². The van der Waals surface area contributed by atoms with Gasteiger partial charge in [0, 0.05) is 17.3 Å². The summed E-state index contributed by atoms with van der Waals surface area (Å²) in [6.45, 7) is 16.8. The molecule has 0 unspecified atom stereocenters. The van der Waals surface area contributed by atoms with E-state index in [1.54, 1.807) is 0 Å². The molecule has 0 atom stereocenters. The molecule has 0 aromatic carbocycles. The van der Waals surface area contributed by atoms with Crippen molar-refractivity contribution in [1.29, 1.82) is 0 Å². The van der Waals surface area contributed by atoms with Crippen LogP contribution in [0, 0.1) is 19.8 Å². The summed E-state index contributed by atoms with van der Waals surface area (Å²) in [6.07, 6.45) is 1.47. The van der Waals surface area contributed by atoms with Crippen LogP contribution in [-0.2, 0) is 22.3 Å². The minimum atomic E-state index is -0.323. The first-order chi connectivity index (χ1) is 14.2. The maximum absolute atomic E-state index is 12.5. The maximum Gasteiger partial charge on any atom is 0.355 e. The van der Waals surface area contributed by atoms with E-state index in [0.29, 0.717) is 24.6 Å². The summed E-state index contributed by atoms with van der Waals surface area (Å²) in [6, 6.07) is 0. The number of hydrogen-bond donors (Lipinski definition) is 2. The Labute approximate surface area is 179 Å². The van der Waals surface area contributed by atoms with E-state index in [4.69, 9.17) is 9.47 Å². The topological polar surface area (TPSA) is 84.2 Å². The first-order valence-corrected chi connectivity index (χ1v) is 11.0. The smallest absolute Gasteiger partial charge is 0.355 e. The Kier molecular flexibility index (Phi) is 7.93. The summed E-state index contributed by atoms with van der Waals surface area (Å²) in [5, 5.41) is 0. The molecule has 2 aromatic heterocycles. The van der Waals surface area contributed by atoms with Crippen LogP contribution in [0.5, 0.6) is 0 Å². The molecule has 0 aliphatic carbocycles. The van der Waals surface area contributed by atoms with E-state index in [9.17, 15) is 9.59 Å². The van der Waals surface area contributed by atoms with Crippen molar-refractivity contribution in [3.05, 3.63) is 45.0 Å². The van der Waals surface area contributed by atoms with Crippen molar-refractivity contribution in [2.75, 3.05) is 13.2 Å². The molecule has 6 nitrogen and oxygen atoms in total. The van der Waals surface area contributed by atoms with Gasteiger partial charge in [0.2, 0.25) is 0 Å². The van der Waals surface area contributed by atoms with Crippen LogP contribution >= 0.6 is 0 Å². The van der Waals surface area contributed by atoms with Crippen LogP contribution in [0.4, 0.5) is 0 Å². The summed E-state index contributed by atoms with van der Waals surface area (Å²) in [5.41, 5.74) is 7.16. The zero-order valence-corrected chi connectivity index (χ0v) is 19.6. The highest BCUT2D eigenvalue weighted by atomic mass is 16.5. The summed E-state index contributed by atoms with van der Waals surface area (Å²) in [4.78, 5) is 31.8. The molecule has 0 aliphatic rings. The maximum atomic E-state index is 12.5. The molecule has 30 heavy (non-hydrogen) atoms. The van der Waals surface area contributed by atoms with Crippen LogP contribution in [0.2, 0.25) is 0 Å². The number of H-pyrrole nitrogens is 2. The average Bonchev–Trinajstić information content (AvgIpc) is 3.20. The Morgan fingerprint density at radius 2 is 1.13 bits per heavy atom. The summed E-state index contributed by atoms with van der Waals surface area (Å²) < 4.78 is 10.5. The number of rotatable bonds is 9. The van der Waals surface area contributed by atoms with Gasteiger partial charge in [0.25, 0.3) is 0 Å². The Hall–Kier alpha value is -2.50. The first kappa shape index (κ1) is 23.8. The molecule has 0 amide bonds. The van der Waals surface area contributed by atoms with Gasteiger partial charge < -0.3 is 19.4 Å². The van der Waals surface area contributed by atoms with Gasteiger partial charge >= 0.3 is 11.9 Å². The van der Waals surface area contributed by atoms with Gasteiger partial charge in [-0.05, 0) is 68.7 Å². The second-order valence-electron chi connectivity index (χ2n) is 7.90. The van der Waals surface area contributed by atoms with E-state index in [-0.39, 0.29) is 23.8 Å². The Bertz CT molecular complexity index is 835. The summed E-state index contributed by atoms with van der Waals surface area (Å²) in [5.74, 6) is -0.432.